The van der Waals surface area contributed by atoms with Gasteiger partial charge in [0.15, 0.2) is 0 Å². The zero-order valence-electron chi connectivity index (χ0n) is 11.3. The molecule has 0 saturated heterocycles. The summed E-state index contributed by atoms with van der Waals surface area (Å²) in [7, 11) is 1.85. The van der Waals surface area contributed by atoms with Gasteiger partial charge in [0.2, 0.25) is 0 Å². The van der Waals surface area contributed by atoms with Gasteiger partial charge in [0.1, 0.15) is 17.4 Å². The van der Waals surface area contributed by atoms with Crippen molar-refractivity contribution in [1.82, 2.24) is 5.32 Å². The van der Waals surface area contributed by atoms with E-state index in [1.807, 2.05) is 7.05 Å². The van der Waals surface area contributed by atoms with Gasteiger partial charge in [-0.25, -0.2) is 0 Å². The molecule has 2 atom stereocenters. The van der Waals surface area contributed by atoms with Gasteiger partial charge in [0.25, 0.3) is 0 Å². The molecular weight excluding hydrogens is 224 g/mol. The molecule has 96 valence electrons. The molecule has 1 N–H and O–H groups in total. The Morgan fingerprint density at radius 2 is 2.22 bits per heavy atom. The molecule has 1 aromatic carbocycles. The number of ether oxygens (including phenoxy) is 1. The molecule has 1 fully saturated rings. The second kappa shape index (κ2) is 4.99. The summed E-state index contributed by atoms with van der Waals surface area (Å²) in [6.45, 7) is 4.12. The fourth-order valence-corrected chi connectivity index (χ4v) is 2.50. The van der Waals surface area contributed by atoms with Crippen molar-refractivity contribution in [2.24, 2.45) is 0 Å². The normalized spacial score (nSPS) is 26.9. The van der Waals surface area contributed by atoms with Crippen LogP contribution in [0.25, 0.3) is 0 Å². The van der Waals surface area contributed by atoms with E-state index in [0.29, 0.717) is 0 Å². The van der Waals surface area contributed by atoms with Crippen LogP contribution in [0, 0.1) is 25.2 Å². The van der Waals surface area contributed by atoms with Gasteiger partial charge in [-0.2, -0.15) is 5.26 Å². The Bertz CT molecular complexity index is 478. The zero-order chi connectivity index (χ0) is 13.2. The number of hydrogen-bond donors (Lipinski definition) is 1. The summed E-state index contributed by atoms with van der Waals surface area (Å²) < 4.78 is 6.05. The van der Waals surface area contributed by atoms with Crippen LogP contribution < -0.4 is 10.1 Å². The standard InChI is InChI=1S/C15H20N2O/c1-11-4-5-12(2)14(8-11)18-13-6-7-15(9-13,10-16)17-3/h4-5,8,13,17H,6-7,9H2,1-3H3. The minimum atomic E-state index is -0.400. The smallest absolute Gasteiger partial charge is 0.122 e. The third-order valence-corrected chi connectivity index (χ3v) is 3.80. The van der Waals surface area contributed by atoms with E-state index in [-0.39, 0.29) is 6.10 Å². The largest absolute Gasteiger partial charge is 0.490 e. The molecule has 0 aromatic heterocycles. The van der Waals surface area contributed by atoms with E-state index in [4.69, 9.17) is 4.74 Å². The lowest BCUT2D eigenvalue weighted by Crippen LogP contribution is -2.39. The molecule has 0 aliphatic heterocycles. The SMILES string of the molecule is CNC1(C#N)CCC(Oc2cc(C)ccc2C)C1. The summed E-state index contributed by atoms with van der Waals surface area (Å²) in [5, 5.41) is 12.4. The quantitative estimate of drug-likeness (QED) is 0.889. The summed E-state index contributed by atoms with van der Waals surface area (Å²) in [6, 6.07) is 8.61. The predicted octanol–water partition coefficient (Wildman–Crippen LogP) is 2.72. The Morgan fingerprint density at radius 1 is 1.44 bits per heavy atom. The van der Waals surface area contributed by atoms with Crippen molar-refractivity contribution in [3.63, 3.8) is 0 Å². The van der Waals surface area contributed by atoms with Crippen molar-refractivity contribution < 1.29 is 4.74 Å². The number of aryl methyl sites for hydroxylation is 2. The molecule has 1 aliphatic rings. The van der Waals surface area contributed by atoms with Crippen LogP contribution in [-0.4, -0.2) is 18.7 Å². The molecule has 2 unspecified atom stereocenters. The maximum atomic E-state index is 9.23. The Kier molecular flexibility index (Phi) is 3.58. The maximum Gasteiger partial charge on any atom is 0.122 e. The summed E-state index contributed by atoms with van der Waals surface area (Å²) in [6.07, 6.45) is 2.68. The lowest BCUT2D eigenvalue weighted by atomic mass is 10.0. The number of nitriles is 1. The van der Waals surface area contributed by atoms with E-state index in [2.05, 4.69) is 43.4 Å². The lowest BCUT2D eigenvalue weighted by molar-refractivity contribution is 0.200. The molecule has 0 spiro atoms. The fraction of sp³-hybridized carbons (Fsp3) is 0.533. The molecule has 1 aromatic rings. The van der Waals surface area contributed by atoms with E-state index in [1.54, 1.807) is 0 Å². The highest BCUT2D eigenvalue weighted by molar-refractivity contribution is 5.36. The van der Waals surface area contributed by atoms with Crippen LogP contribution >= 0.6 is 0 Å². The Balaban J connectivity index is 2.08. The van der Waals surface area contributed by atoms with Gasteiger partial charge in [0, 0.05) is 6.42 Å². The summed E-state index contributed by atoms with van der Waals surface area (Å²) in [4.78, 5) is 0. The third-order valence-electron chi connectivity index (χ3n) is 3.80. The van der Waals surface area contributed by atoms with Gasteiger partial charge >= 0.3 is 0 Å². The topological polar surface area (TPSA) is 45.0 Å². The van der Waals surface area contributed by atoms with Crippen molar-refractivity contribution in [3.8, 4) is 11.8 Å². The molecule has 0 heterocycles. The maximum absolute atomic E-state index is 9.23. The first-order valence-corrected chi connectivity index (χ1v) is 6.43. The lowest BCUT2D eigenvalue weighted by Gasteiger charge is -2.20. The summed E-state index contributed by atoms with van der Waals surface area (Å²) in [5.74, 6) is 0.949. The van der Waals surface area contributed by atoms with Crippen LogP contribution in [0.1, 0.15) is 30.4 Å². The zero-order valence-corrected chi connectivity index (χ0v) is 11.3. The highest BCUT2D eigenvalue weighted by Crippen LogP contribution is 2.33. The first-order chi connectivity index (χ1) is 8.58. The minimum absolute atomic E-state index is 0.137. The predicted molar refractivity (Wildman–Crippen MR) is 71.6 cm³/mol. The van der Waals surface area contributed by atoms with Gasteiger partial charge in [-0.05, 0) is 50.9 Å². The second-order valence-corrected chi connectivity index (χ2v) is 5.20. The highest BCUT2D eigenvalue weighted by Gasteiger charge is 2.39. The van der Waals surface area contributed by atoms with Gasteiger partial charge in [-0.15, -0.1) is 0 Å². The van der Waals surface area contributed by atoms with Crippen LogP contribution in [0.3, 0.4) is 0 Å². The summed E-state index contributed by atoms with van der Waals surface area (Å²) in [5.41, 5.74) is 1.95. The van der Waals surface area contributed by atoms with Crippen LogP contribution in [0.15, 0.2) is 18.2 Å². The van der Waals surface area contributed by atoms with Gasteiger partial charge in [-0.3, -0.25) is 0 Å². The van der Waals surface area contributed by atoms with Gasteiger partial charge < -0.3 is 10.1 Å². The first-order valence-electron chi connectivity index (χ1n) is 6.43. The van der Waals surface area contributed by atoms with Crippen LogP contribution in [0.4, 0.5) is 0 Å². The summed E-state index contributed by atoms with van der Waals surface area (Å²) >= 11 is 0. The van der Waals surface area contributed by atoms with Crippen molar-refractivity contribution >= 4 is 0 Å². The molecule has 3 heteroatoms. The average Bonchev–Trinajstić information content (AvgIpc) is 2.78. The third kappa shape index (κ3) is 2.49. The Hall–Kier alpha value is -1.53. The van der Waals surface area contributed by atoms with Gasteiger partial charge in [0.05, 0.1) is 6.07 Å². The van der Waals surface area contributed by atoms with E-state index in [0.717, 1.165) is 30.6 Å². The molecule has 1 saturated carbocycles. The van der Waals surface area contributed by atoms with E-state index < -0.39 is 5.54 Å². The van der Waals surface area contributed by atoms with Crippen LogP contribution in [0.2, 0.25) is 0 Å². The van der Waals surface area contributed by atoms with E-state index in [1.165, 1.54) is 5.56 Å². The number of benzene rings is 1. The Morgan fingerprint density at radius 3 is 2.83 bits per heavy atom. The molecule has 0 amide bonds. The molecule has 2 rings (SSSR count). The number of nitrogens with one attached hydrogen (secondary N) is 1. The second-order valence-electron chi connectivity index (χ2n) is 5.20. The van der Waals surface area contributed by atoms with E-state index in [9.17, 15) is 5.26 Å². The molecule has 1 aliphatic carbocycles. The molecule has 0 bridgehead atoms. The minimum Gasteiger partial charge on any atom is -0.490 e. The van der Waals surface area contributed by atoms with Crippen molar-refractivity contribution in [3.05, 3.63) is 29.3 Å². The number of rotatable bonds is 3. The highest BCUT2D eigenvalue weighted by atomic mass is 16.5. The van der Waals surface area contributed by atoms with Crippen LogP contribution in [-0.2, 0) is 0 Å². The van der Waals surface area contributed by atoms with E-state index >= 15 is 0 Å². The average molecular weight is 244 g/mol. The van der Waals surface area contributed by atoms with Crippen molar-refractivity contribution in [2.75, 3.05) is 7.05 Å². The van der Waals surface area contributed by atoms with Gasteiger partial charge in [-0.1, -0.05) is 12.1 Å². The fourth-order valence-electron chi connectivity index (χ4n) is 2.50. The number of hydrogen-bond acceptors (Lipinski definition) is 3. The molecule has 0 radical (unpaired) electrons. The number of nitrogens with zero attached hydrogens (tertiary/aromatic N) is 1. The molecule has 18 heavy (non-hydrogen) atoms. The van der Waals surface area contributed by atoms with Crippen LogP contribution in [0.5, 0.6) is 5.75 Å². The monoisotopic (exact) mass is 244 g/mol. The Labute approximate surface area is 109 Å². The molecule has 3 nitrogen and oxygen atoms in total. The first kappa shape index (κ1) is 12.9. The van der Waals surface area contributed by atoms with Crippen molar-refractivity contribution in [2.45, 2.75) is 44.8 Å². The molecular formula is C15H20N2O. The van der Waals surface area contributed by atoms with Crippen molar-refractivity contribution in [1.29, 1.82) is 5.26 Å².